The zero-order valence-corrected chi connectivity index (χ0v) is 15.4. The minimum absolute atomic E-state index is 0. The zero-order valence-electron chi connectivity index (χ0n) is 14.5. The fraction of sp³-hybridized carbons (Fsp3) is 0.211. The fourth-order valence-electron chi connectivity index (χ4n) is 2.81. The molecule has 4 rings (SSSR count). The van der Waals surface area contributed by atoms with Crippen LogP contribution in [-0.4, -0.2) is 40.6 Å². The number of carbonyl (C=O) groups excluding carboxylic acids is 1. The van der Waals surface area contributed by atoms with Crippen LogP contribution in [0.15, 0.2) is 60.8 Å². The molecule has 7 nitrogen and oxygen atoms in total. The molecule has 0 spiro atoms. The number of nitrogens with zero attached hydrogens (tertiary/aromatic N) is 3. The highest BCUT2D eigenvalue weighted by Gasteiger charge is 2.16. The van der Waals surface area contributed by atoms with Gasteiger partial charge in [-0.3, -0.25) is 4.79 Å². The Kier molecular flexibility index (Phi) is 6.18. The molecule has 1 unspecified atom stereocenters. The van der Waals surface area contributed by atoms with Crippen molar-refractivity contribution in [3.05, 3.63) is 72.1 Å². The number of hydrogen-bond acceptors (Lipinski definition) is 5. The molecule has 27 heavy (non-hydrogen) atoms. The van der Waals surface area contributed by atoms with Crippen molar-refractivity contribution in [1.82, 2.24) is 20.3 Å². The first kappa shape index (κ1) is 19.0. The van der Waals surface area contributed by atoms with Crippen molar-refractivity contribution in [3.63, 3.8) is 0 Å². The molecule has 1 saturated heterocycles. The van der Waals surface area contributed by atoms with E-state index in [1.807, 2.05) is 54.6 Å². The van der Waals surface area contributed by atoms with E-state index >= 15 is 0 Å². The van der Waals surface area contributed by atoms with Crippen LogP contribution >= 0.6 is 12.4 Å². The van der Waals surface area contributed by atoms with Gasteiger partial charge in [0.2, 0.25) is 0 Å². The molecule has 2 heterocycles. The Labute approximate surface area is 163 Å². The van der Waals surface area contributed by atoms with E-state index in [1.165, 1.54) is 11.0 Å². The summed E-state index contributed by atoms with van der Waals surface area (Å²) >= 11 is 0. The Morgan fingerprint density at radius 2 is 1.93 bits per heavy atom. The number of morpholine rings is 1. The summed E-state index contributed by atoms with van der Waals surface area (Å²) in [5.41, 5.74) is 2.86. The van der Waals surface area contributed by atoms with E-state index < -0.39 is 0 Å². The van der Waals surface area contributed by atoms with Gasteiger partial charge >= 0.3 is 0 Å². The van der Waals surface area contributed by atoms with Gasteiger partial charge in [-0.15, -0.1) is 17.5 Å². The molecule has 1 amide bonds. The van der Waals surface area contributed by atoms with Gasteiger partial charge in [0.05, 0.1) is 24.6 Å². The minimum Gasteiger partial charge on any atom is -0.371 e. The molecule has 1 aromatic heterocycles. The van der Waals surface area contributed by atoms with Crippen LogP contribution in [0.3, 0.4) is 0 Å². The first-order valence-electron chi connectivity index (χ1n) is 8.51. The maximum absolute atomic E-state index is 12.4. The van der Waals surface area contributed by atoms with Gasteiger partial charge in [-0.1, -0.05) is 30.3 Å². The first-order valence-corrected chi connectivity index (χ1v) is 8.51. The largest absolute Gasteiger partial charge is 0.371 e. The summed E-state index contributed by atoms with van der Waals surface area (Å²) in [6.07, 6.45) is 1.51. The topological polar surface area (TPSA) is 81.1 Å². The molecular weight excluding hydrogens is 366 g/mol. The second-order valence-electron chi connectivity index (χ2n) is 5.99. The Morgan fingerprint density at radius 1 is 1.15 bits per heavy atom. The van der Waals surface area contributed by atoms with Crippen LogP contribution in [0.25, 0.3) is 5.69 Å². The molecule has 0 saturated carbocycles. The van der Waals surface area contributed by atoms with Crippen molar-refractivity contribution >= 4 is 24.0 Å². The number of benzene rings is 2. The molecule has 0 radical (unpaired) electrons. The average Bonchev–Trinajstić information content (AvgIpc) is 3.20. The van der Waals surface area contributed by atoms with E-state index in [2.05, 4.69) is 20.8 Å². The number of carbonyl (C=O) groups is 1. The molecule has 1 fully saturated rings. The van der Waals surface area contributed by atoms with E-state index in [0.29, 0.717) is 12.3 Å². The molecule has 8 heteroatoms. The smallest absolute Gasteiger partial charge is 0.277 e. The summed E-state index contributed by atoms with van der Waals surface area (Å²) in [5.74, 6) is -0.296. The predicted octanol–water partition coefficient (Wildman–Crippen LogP) is 2.60. The van der Waals surface area contributed by atoms with E-state index in [1.54, 1.807) is 0 Å². The Balaban J connectivity index is 0.00000210. The number of nitrogens with one attached hydrogen (secondary N) is 2. The lowest BCUT2D eigenvalue weighted by Crippen LogP contribution is -2.33. The third kappa shape index (κ3) is 4.51. The highest BCUT2D eigenvalue weighted by Crippen LogP contribution is 2.21. The first-order chi connectivity index (χ1) is 12.8. The van der Waals surface area contributed by atoms with Gasteiger partial charge in [0, 0.05) is 18.8 Å². The number of aromatic nitrogens is 3. The van der Waals surface area contributed by atoms with Gasteiger partial charge in [0.15, 0.2) is 5.69 Å². The van der Waals surface area contributed by atoms with Crippen molar-refractivity contribution in [2.45, 2.75) is 6.10 Å². The molecule has 0 bridgehead atoms. The van der Waals surface area contributed by atoms with Crippen molar-refractivity contribution in [1.29, 1.82) is 0 Å². The SMILES string of the molecule is Cl.O=C(Nc1ccc(C2CNCCO2)cc1)c1cnn(-c2ccccc2)n1. The summed E-state index contributed by atoms with van der Waals surface area (Å²) in [7, 11) is 0. The molecular formula is C19H20ClN5O2. The van der Waals surface area contributed by atoms with Crippen LogP contribution in [0, 0.1) is 0 Å². The van der Waals surface area contributed by atoms with Gasteiger partial charge in [-0.25, -0.2) is 0 Å². The predicted molar refractivity (Wildman–Crippen MR) is 105 cm³/mol. The van der Waals surface area contributed by atoms with E-state index in [4.69, 9.17) is 4.74 Å². The standard InChI is InChI=1S/C19H19N5O2.ClH/c25-19(17-12-21-24(23-17)16-4-2-1-3-5-16)22-15-8-6-14(7-9-15)18-13-20-10-11-26-18;/h1-9,12,18,20H,10-11,13H2,(H,22,25);1H. The summed E-state index contributed by atoms with van der Waals surface area (Å²) < 4.78 is 5.73. The zero-order chi connectivity index (χ0) is 17.8. The molecule has 0 aliphatic carbocycles. The molecule has 1 atom stereocenters. The van der Waals surface area contributed by atoms with Crippen LogP contribution in [0.4, 0.5) is 5.69 Å². The number of anilines is 1. The molecule has 2 N–H and O–H groups in total. The quantitative estimate of drug-likeness (QED) is 0.721. The summed E-state index contributed by atoms with van der Waals surface area (Å²) in [5, 5.41) is 14.5. The van der Waals surface area contributed by atoms with Crippen LogP contribution in [-0.2, 0) is 4.74 Å². The third-order valence-corrected chi connectivity index (χ3v) is 4.18. The number of rotatable bonds is 4. The van der Waals surface area contributed by atoms with E-state index in [-0.39, 0.29) is 30.1 Å². The highest BCUT2D eigenvalue weighted by atomic mass is 35.5. The second kappa shape index (κ2) is 8.77. The molecule has 1 aliphatic heterocycles. The molecule has 140 valence electrons. The number of para-hydroxylation sites is 1. The highest BCUT2D eigenvalue weighted by molar-refractivity contribution is 6.02. The molecule has 2 aromatic carbocycles. The van der Waals surface area contributed by atoms with Crippen LogP contribution < -0.4 is 10.6 Å². The third-order valence-electron chi connectivity index (χ3n) is 4.18. The maximum Gasteiger partial charge on any atom is 0.277 e. The normalized spacial score (nSPS) is 16.4. The monoisotopic (exact) mass is 385 g/mol. The van der Waals surface area contributed by atoms with Crippen LogP contribution in [0.2, 0.25) is 0 Å². The fourth-order valence-corrected chi connectivity index (χ4v) is 2.81. The Morgan fingerprint density at radius 3 is 2.63 bits per heavy atom. The van der Waals surface area contributed by atoms with E-state index in [0.717, 1.165) is 24.3 Å². The molecule has 3 aromatic rings. The minimum atomic E-state index is -0.296. The van der Waals surface area contributed by atoms with Crippen molar-refractivity contribution in [3.8, 4) is 5.69 Å². The summed E-state index contributed by atoms with van der Waals surface area (Å²) in [4.78, 5) is 13.8. The van der Waals surface area contributed by atoms with Gasteiger partial charge < -0.3 is 15.4 Å². The maximum atomic E-state index is 12.4. The van der Waals surface area contributed by atoms with Gasteiger partial charge in [-0.2, -0.15) is 9.90 Å². The van der Waals surface area contributed by atoms with Crippen LogP contribution in [0.5, 0.6) is 0 Å². The van der Waals surface area contributed by atoms with Crippen molar-refractivity contribution in [2.24, 2.45) is 0 Å². The lowest BCUT2D eigenvalue weighted by atomic mass is 10.1. The number of halogens is 1. The van der Waals surface area contributed by atoms with Gasteiger partial charge in [0.1, 0.15) is 0 Å². The number of ether oxygens (including phenoxy) is 1. The van der Waals surface area contributed by atoms with E-state index in [9.17, 15) is 4.79 Å². The average molecular weight is 386 g/mol. The van der Waals surface area contributed by atoms with Crippen LogP contribution in [0.1, 0.15) is 22.2 Å². The Hall–Kier alpha value is -2.74. The number of amides is 1. The lowest BCUT2D eigenvalue weighted by Gasteiger charge is -2.24. The second-order valence-corrected chi connectivity index (χ2v) is 5.99. The lowest BCUT2D eigenvalue weighted by molar-refractivity contribution is 0.0277. The summed E-state index contributed by atoms with van der Waals surface area (Å²) in [6, 6.07) is 17.1. The molecule has 1 aliphatic rings. The van der Waals surface area contributed by atoms with Gasteiger partial charge in [0.25, 0.3) is 5.91 Å². The van der Waals surface area contributed by atoms with Crippen molar-refractivity contribution in [2.75, 3.05) is 25.0 Å². The summed E-state index contributed by atoms with van der Waals surface area (Å²) in [6.45, 7) is 2.39. The van der Waals surface area contributed by atoms with Gasteiger partial charge in [-0.05, 0) is 29.8 Å². The van der Waals surface area contributed by atoms with Crippen molar-refractivity contribution < 1.29 is 9.53 Å². The number of hydrogen-bond donors (Lipinski definition) is 2. The Bertz CT molecular complexity index is 877.